The Bertz CT molecular complexity index is 1820. The van der Waals surface area contributed by atoms with Gasteiger partial charge in [-0.2, -0.15) is 0 Å². The van der Waals surface area contributed by atoms with Gasteiger partial charge in [0.1, 0.15) is 11.5 Å². The van der Waals surface area contributed by atoms with Crippen molar-refractivity contribution in [2.24, 2.45) is 0 Å². The Morgan fingerprint density at radius 3 is 2.33 bits per heavy atom. The summed E-state index contributed by atoms with van der Waals surface area (Å²) in [6, 6.07) is 21.8. The lowest BCUT2D eigenvalue weighted by molar-refractivity contribution is -0.384. The second-order valence-electron chi connectivity index (χ2n) is 10.1. The Kier molecular flexibility index (Phi) is 7.70. The summed E-state index contributed by atoms with van der Waals surface area (Å²) in [5.74, 6) is -1.04. The van der Waals surface area contributed by atoms with E-state index >= 15 is 0 Å². The molecular formula is C32H29N5O5. The van der Waals surface area contributed by atoms with Gasteiger partial charge in [-0.05, 0) is 55.2 Å². The molecule has 5 aromatic rings. The summed E-state index contributed by atoms with van der Waals surface area (Å²) in [5, 5.41) is 27.2. The molecule has 1 unspecified atom stereocenters. The fourth-order valence-electron chi connectivity index (χ4n) is 5.04. The second-order valence-corrected chi connectivity index (χ2v) is 10.1. The summed E-state index contributed by atoms with van der Waals surface area (Å²) in [7, 11) is 0. The maximum absolute atomic E-state index is 13.7. The number of pyridine rings is 1. The average molecular weight is 564 g/mol. The van der Waals surface area contributed by atoms with Gasteiger partial charge >= 0.3 is 5.97 Å². The zero-order valence-electron chi connectivity index (χ0n) is 23.3. The number of hydrogen-bond acceptors (Lipinski definition) is 6. The highest BCUT2D eigenvalue weighted by Crippen LogP contribution is 2.35. The van der Waals surface area contributed by atoms with Crippen molar-refractivity contribution in [2.75, 3.05) is 5.32 Å². The van der Waals surface area contributed by atoms with Gasteiger partial charge < -0.3 is 15.7 Å². The molecule has 0 bridgehead atoms. The number of non-ortho nitro benzene ring substituents is 1. The van der Waals surface area contributed by atoms with Gasteiger partial charge in [-0.3, -0.25) is 24.1 Å². The molecule has 0 aliphatic heterocycles. The van der Waals surface area contributed by atoms with E-state index in [-0.39, 0.29) is 11.3 Å². The monoisotopic (exact) mass is 563 g/mol. The standard InChI is InChI=1S/C32H29N5O5/c1-19-9-4-5-14-24(19)29-31(34-28-20(2)10-6-11-21(28)3)36-16-8-15-25(30(36)35-29)32(40)33-26(18-27(38)39)22-12-7-13-23(17-22)37(41)42/h4-17,26,34H,18H2,1-3H3,(H,33,40)(H,38,39). The van der Waals surface area contributed by atoms with E-state index in [1.807, 2.05) is 73.8 Å². The van der Waals surface area contributed by atoms with E-state index in [1.54, 1.807) is 18.2 Å². The number of rotatable bonds is 9. The topological polar surface area (TPSA) is 139 Å². The molecule has 1 atom stereocenters. The highest BCUT2D eigenvalue weighted by molar-refractivity contribution is 6.01. The number of carbonyl (C=O) groups is 2. The fraction of sp³-hybridized carbons (Fsp3) is 0.156. The number of carboxylic acid groups (broad SMARTS) is 1. The van der Waals surface area contributed by atoms with Crippen LogP contribution in [0.2, 0.25) is 0 Å². The molecule has 0 saturated heterocycles. The molecule has 0 fully saturated rings. The number of imidazole rings is 1. The largest absolute Gasteiger partial charge is 0.481 e. The Labute approximate surface area is 241 Å². The zero-order valence-corrected chi connectivity index (χ0v) is 23.3. The number of aryl methyl sites for hydroxylation is 3. The van der Waals surface area contributed by atoms with Crippen molar-refractivity contribution in [3.05, 3.63) is 123 Å². The Balaban J connectivity index is 1.62. The van der Waals surface area contributed by atoms with Crippen molar-refractivity contribution in [3.63, 3.8) is 0 Å². The number of fused-ring (bicyclic) bond motifs is 1. The number of aromatic nitrogens is 2. The van der Waals surface area contributed by atoms with Gasteiger partial charge in [-0.25, -0.2) is 4.98 Å². The maximum Gasteiger partial charge on any atom is 0.305 e. The summed E-state index contributed by atoms with van der Waals surface area (Å²) in [5.41, 5.74) is 6.27. The zero-order chi connectivity index (χ0) is 30.0. The third-order valence-corrected chi connectivity index (χ3v) is 7.19. The van der Waals surface area contributed by atoms with Gasteiger partial charge in [0.05, 0.1) is 22.9 Å². The predicted octanol–water partition coefficient (Wildman–Crippen LogP) is 6.52. The van der Waals surface area contributed by atoms with Crippen LogP contribution in [0, 0.1) is 30.9 Å². The van der Waals surface area contributed by atoms with E-state index in [4.69, 9.17) is 4.98 Å². The number of carboxylic acids is 1. The highest BCUT2D eigenvalue weighted by Gasteiger charge is 2.25. The van der Waals surface area contributed by atoms with Gasteiger partial charge in [0.25, 0.3) is 11.6 Å². The molecular weight excluding hydrogens is 534 g/mol. The van der Waals surface area contributed by atoms with Crippen LogP contribution in [0.3, 0.4) is 0 Å². The third-order valence-electron chi connectivity index (χ3n) is 7.19. The number of nitro benzene ring substituents is 1. The first kappa shape index (κ1) is 28.0. The SMILES string of the molecule is Cc1ccccc1-c1nc2c(C(=O)NC(CC(=O)O)c3cccc([N+](=O)[O-])c3)cccn2c1Nc1c(C)cccc1C. The van der Waals surface area contributed by atoms with Crippen LogP contribution in [-0.4, -0.2) is 31.3 Å². The van der Waals surface area contributed by atoms with Crippen LogP contribution in [0.1, 0.15) is 45.1 Å². The first-order chi connectivity index (χ1) is 20.1. The van der Waals surface area contributed by atoms with Crippen LogP contribution in [0.25, 0.3) is 16.9 Å². The predicted molar refractivity (Wildman–Crippen MR) is 160 cm³/mol. The van der Waals surface area contributed by atoms with Crippen molar-refractivity contribution in [1.82, 2.24) is 14.7 Å². The van der Waals surface area contributed by atoms with E-state index in [0.717, 1.165) is 27.9 Å². The molecule has 2 heterocycles. The lowest BCUT2D eigenvalue weighted by Gasteiger charge is -2.18. The molecule has 10 nitrogen and oxygen atoms in total. The molecule has 2 aromatic heterocycles. The number of amides is 1. The molecule has 0 aliphatic rings. The van der Waals surface area contributed by atoms with Crippen molar-refractivity contribution in [2.45, 2.75) is 33.2 Å². The number of anilines is 2. The molecule has 0 spiro atoms. The summed E-state index contributed by atoms with van der Waals surface area (Å²) in [6.07, 6.45) is 1.35. The first-order valence-electron chi connectivity index (χ1n) is 13.3. The van der Waals surface area contributed by atoms with E-state index in [2.05, 4.69) is 10.6 Å². The molecule has 10 heteroatoms. The van der Waals surface area contributed by atoms with E-state index in [9.17, 15) is 24.8 Å². The minimum atomic E-state index is -1.16. The number of nitrogens with zero attached hydrogens (tertiary/aromatic N) is 3. The smallest absolute Gasteiger partial charge is 0.305 e. The van der Waals surface area contributed by atoms with E-state index in [1.165, 1.54) is 18.2 Å². The minimum Gasteiger partial charge on any atom is -0.481 e. The van der Waals surface area contributed by atoms with E-state index < -0.39 is 29.3 Å². The van der Waals surface area contributed by atoms with Crippen LogP contribution in [0.5, 0.6) is 0 Å². The molecule has 0 aliphatic carbocycles. The highest BCUT2D eigenvalue weighted by atomic mass is 16.6. The molecule has 1 amide bonds. The maximum atomic E-state index is 13.7. The molecule has 0 saturated carbocycles. The number of carbonyl (C=O) groups excluding carboxylic acids is 1. The third kappa shape index (κ3) is 5.55. The van der Waals surface area contributed by atoms with Crippen LogP contribution in [0.4, 0.5) is 17.2 Å². The first-order valence-corrected chi connectivity index (χ1v) is 13.3. The molecule has 5 rings (SSSR count). The van der Waals surface area contributed by atoms with Crippen molar-refractivity contribution < 1.29 is 19.6 Å². The quantitative estimate of drug-likeness (QED) is 0.137. The number of hydrogen-bond donors (Lipinski definition) is 3. The van der Waals surface area contributed by atoms with Crippen LogP contribution in [-0.2, 0) is 4.79 Å². The summed E-state index contributed by atoms with van der Waals surface area (Å²) in [4.78, 5) is 41.1. The average Bonchev–Trinajstić information content (AvgIpc) is 3.32. The number of nitrogens with one attached hydrogen (secondary N) is 2. The summed E-state index contributed by atoms with van der Waals surface area (Å²) in [6.45, 7) is 6.02. The van der Waals surface area contributed by atoms with Crippen LogP contribution in [0.15, 0.2) is 85.1 Å². The van der Waals surface area contributed by atoms with Gasteiger partial charge in [0.2, 0.25) is 0 Å². The lowest BCUT2D eigenvalue weighted by Crippen LogP contribution is -2.30. The van der Waals surface area contributed by atoms with Crippen molar-refractivity contribution in [3.8, 4) is 11.3 Å². The normalized spacial score (nSPS) is 11.7. The van der Waals surface area contributed by atoms with Crippen molar-refractivity contribution in [1.29, 1.82) is 0 Å². The van der Waals surface area contributed by atoms with Gasteiger partial charge in [-0.1, -0.05) is 54.6 Å². The molecule has 3 aromatic carbocycles. The Hall–Kier alpha value is -5.51. The van der Waals surface area contributed by atoms with Gasteiger partial charge in [-0.15, -0.1) is 0 Å². The number of benzene rings is 3. The van der Waals surface area contributed by atoms with Gasteiger partial charge in [0, 0.05) is 29.6 Å². The molecule has 0 radical (unpaired) electrons. The minimum absolute atomic E-state index is 0.197. The fourth-order valence-corrected chi connectivity index (χ4v) is 5.04. The Morgan fingerprint density at radius 1 is 0.952 bits per heavy atom. The molecule has 42 heavy (non-hydrogen) atoms. The molecule has 3 N–H and O–H groups in total. The summed E-state index contributed by atoms with van der Waals surface area (Å²) < 4.78 is 1.81. The number of aliphatic carboxylic acids is 1. The van der Waals surface area contributed by atoms with Gasteiger partial charge in [0.15, 0.2) is 5.65 Å². The van der Waals surface area contributed by atoms with E-state index in [0.29, 0.717) is 22.7 Å². The van der Waals surface area contributed by atoms with Crippen LogP contribution < -0.4 is 10.6 Å². The molecule has 212 valence electrons. The van der Waals surface area contributed by atoms with Crippen LogP contribution >= 0.6 is 0 Å². The second kappa shape index (κ2) is 11.5. The number of nitro groups is 1. The lowest BCUT2D eigenvalue weighted by atomic mass is 10.0. The Morgan fingerprint density at radius 2 is 1.64 bits per heavy atom. The number of para-hydroxylation sites is 1. The summed E-state index contributed by atoms with van der Waals surface area (Å²) >= 11 is 0. The van der Waals surface area contributed by atoms with Crippen molar-refractivity contribution >= 4 is 34.7 Å².